The molecule has 1 fully saturated rings. The molecule has 31 heavy (non-hydrogen) atoms. The van der Waals surface area contributed by atoms with Crippen molar-refractivity contribution < 1.29 is 18.9 Å². The van der Waals surface area contributed by atoms with Gasteiger partial charge in [-0.3, -0.25) is 0 Å². The Labute approximate surface area is 187 Å². The van der Waals surface area contributed by atoms with E-state index in [2.05, 4.69) is 36.2 Å². The lowest BCUT2D eigenvalue weighted by molar-refractivity contribution is 0.138. The van der Waals surface area contributed by atoms with Crippen LogP contribution < -0.4 is 19.5 Å². The quantitative estimate of drug-likeness (QED) is 0.427. The number of methoxy groups -OCH3 is 1. The number of ether oxygens (including phenoxy) is 4. The molecule has 3 aromatic rings. The molecule has 0 amide bonds. The Kier molecular flexibility index (Phi) is 5.44. The Morgan fingerprint density at radius 1 is 1.16 bits per heavy atom. The van der Waals surface area contributed by atoms with Crippen molar-refractivity contribution in [3.05, 3.63) is 52.8 Å². The van der Waals surface area contributed by atoms with E-state index in [4.69, 9.17) is 18.9 Å². The normalized spacial score (nSPS) is 16.6. The van der Waals surface area contributed by atoms with Gasteiger partial charge in [0.1, 0.15) is 18.2 Å². The molecule has 1 N–H and O–H groups in total. The van der Waals surface area contributed by atoms with Gasteiger partial charge in [-0.05, 0) is 24.3 Å². The van der Waals surface area contributed by atoms with Crippen LogP contribution in [0, 0.1) is 0 Å². The molecule has 1 atom stereocenters. The van der Waals surface area contributed by atoms with Crippen molar-refractivity contribution in [3.8, 4) is 23.1 Å². The van der Waals surface area contributed by atoms with Gasteiger partial charge < -0.3 is 24.3 Å². The molecule has 1 aromatic heterocycles. The average molecular weight is 483 g/mol. The minimum absolute atomic E-state index is 0.000326. The second-order valence-corrected chi connectivity index (χ2v) is 7.93. The summed E-state index contributed by atoms with van der Waals surface area (Å²) in [5, 5.41) is 3.27. The number of rotatable bonds is 5. The molecule has 8 nitrogen and oxygen atoms in total. The zero-order valence-corrected chi connectivity index (χ0v) is 18.3. The summed E-state index contributed by atoms with van der Waals surface area (Å²) in [5.41, 5.74) is 2.12. The Morgan fingerprint density at radius 3 is 2.90 bits per heavy atom. The van der Waals surface area contributed by atoms with Gasteiger partial charge in [-0.15, -0.1) is 0 Å². The molecule has 0 saturated carbocycles. The van der Waals surface area contributed by atoms with E-state index in [0.717, 1.165) is 22.1 Å². The van der Waals surface area contributed by atoms with Crippen LogP contribution in [0.25, 0.3) is 0 Å². The number of hydrogen-bond acceptors (Lipinski definition) is 8. The van der Waals surface area contributed by atoms with Gasteiger partial charge in [0.25, 0.3) is 5.88 Å². The van der Waals surface area contributed by atoms with Crippen LogP contribution in [0.2, 0.25) is 0 Å². The zero-order valence-electron chi connectivity index (χ0n) is 16.7. The van der Waals surface area contributed by atoms with E-state index in [1.807, 2.05) is 30.3 Å². The lowest BCUT2D eigenvalue weighted by Crippen LogP contribution is -2.16. The first-order valence-corrected chi connectivity index (χ1v) is 10.5. The number of nitrogens with zero attached hydrogens (tertiary/aromatic N) is 3. The zero-order chi connectivity index (χ0) is 21.2. The van der Waals surface area contributed by atoms with Gasteiger partial charge in [-0.2, -0.15) is 4.98 Å². The summed E-state index contributed by atoms with van der Waals surface area (Å²) in [6, 6.07) is 11.4. The van der Waals surface area contributed by atoms with Crippen molar-refractivity contribution in [2.24, 2.45) is 4.99 Å². The third-order valence-electron chi connectivity index (χ3n) is 4.89. The van der Waals surface area contributed by atoms with Crippen LogP contribution in [0.4, 0.5) is 17.2 Å². The van der Waals surface area contributed by atoms with Gasteiger partial charge in [0.15, 0.2) is 23.0 Å². The Balaban J connectivity index is 1.48. The molecule has 5 rings (SSSR count). The second kappa shape index (κ2) is 8.52. The number of anilines is 2. The van der Waals surface area contributed by atoms with Crippen LogP contribution in [0.1, 0.15) is 12.0 Å². The topological polar surface area (TPSA) is 87.1 Å². The lowest BCUT2D eigenvalue weighted by Gasteiger charge is -2.17. The second-order valence-electron chi connectivity index (χ2n) is 7.02. The summed E-state index contributed by atoms with van der Waals surface area (Å²) in [4.78, 5) is 13.2. The van der Waals surface area contributed by atoms with E-state index in [1.54, 1.807) is 19.4 Å². The van der Waals surface area contributed by atoms with Crippen LogP contribution in [0.15, 0.2) is 52.2 Å². The molecular formula is C22H19BrN4O4. The van der Waals surface area contributed by atoms with Gasteiger partial charge in [0.05, 0.1) is 20.3 Å². The van der Waals surface area contributed by atoms with Gasteiger partial charge in [-0.25, -0.2) is 9.98 Å². The maximum absolute atomic E-state index is 6.09. The molecule has 3 heterocycles. The molecule has 1 unspecified atom stereocenters. The van der Waals surface area contributed by atoms with E-state index in [1.165, 1.54) is 6.33 Å². The Bertz CT molecular complexity index is 1150. The molecule has 2 aromatic carbocycles. The number of benzene rings is 2. The number of nitrogens with one attached hydrogen (secondary N) is 1. The summed E-state index contributed by atoms with van der Waals surface area (Å²) < 4.78 is 24.1. The lowest BCUT2D eigenvalue weighted by atomic mass is 10.2. The van der Waals surface area contributed by atoms with Gasteiger partial charge in [-0.1, -0.05) is 22.0 Å². The van der Waals surface area contributed by atoms with Crippen LogP contribution in [-0.4, -0.2) is 42.6 Å². The van der Waals surface area contributed by atoms with Crippen molar-refractivity contribution in [2.75, 3.05) is 25.6 Å². The highest BCUT2D eigenvalue weighted by Crippen LogP contribution is 2.43. The highest BCUT2D eigenvalue weighted by atomic mass is 79.9. The summed E-state index contributed by atoms with van der Waals surface area (Å²) in [6.07, 6.45) is 4.00. The summed E-state index contributed by atoms with van der Waals surface area (Å²) in [5.74, 6) is 2.66. The van der Waals surface area contributed by atoms with Crippen LogP contribution >= 0.6 is 15.9 Å². The number of hydrogen-bond donors (Lipinski definition) is 1. The third kappa shape index (κ3) is 4.19. The number of halogens is 1. The monoisotopic (exact) mass is 482 g/mol. The van der Waals surface area contributed by atoms with E-state index >= 15 is 0 Å². The van der Waals surface area contributed by atoms with Crippen molar-refractivity contribution in [2.45, 2.75) is 12.5 Å². The first-order chi connectivity index (χ1) is 15.2. The fourth-order valence-corrected chi connectivity index (χ4v) is 3.77. The van der Waals surface area contributed by atoms with Crippen molar-refractivity contribution in [3.63, 3.8) is 0 Å². The van der Waals surface area contributed by atoms with Crippen LogP contribution in [-0.2, 0) is 4.74 Å². The molecule has 2 aliphatic rings. The van der Waals surface area contributed by atoms with Crippen molar-refractivity contribution in [1.29, 1.82) is 0 Å². The maximum atomic E-state index is 6.09. The standard InChI is InChI=1S/C22H19BrN4O4/c1-28-18-9-17-13(7-19(18)30-16-5-6-29-11-16)10-24-20-21(25-12-26-22(20)31-17)27-15-4-2-3-14(23)8-15/h2-4,7-10,12,16H,5-6,11H2,1H3,(H,25,26,27). The number of aliphatic imine (C=N–C) groups is 1. The molecule has 0 spiro atoms. The third-order valence-corrected chi connectivity index (χ3v) is 5.39. The van der Waals surface area contributed by atoms with Crippen LogP contribution in [0.3, 0.4) is 0 Å². The number of fused-ring (bicyclic) bond motifs is 2. The van der Waals surface area contributed by atoms with Crippen LogP contribution in [0.5, 0.6) is 23.1 Å². The van der Waals surface area contributed by atoms with E-state index in [0.29, 0.717) is 47.8 Å². The smallest absolute Gasteiger partial charge is 0.250 e. The minimum atomic E-state index is -0.000326. The molecule has 9 heteroatoms. The Hall–Kier alpha value is -3.17. The minimum Gasteiger partial charge on any atom is -0.493 e. The summed E-state index contributed by atoms with van der Waals surface area (Å²) in [6.45, 7) is 1.26. The van der Waals surface area contributed by atoms with E-state index in [-0.39, 0.29) is 6.10 Å². The molecule has 0 bridgehead atoms. The Morgan fingerprint density at radius 2 is 2.10 bits per heavy atom. The predicted molar refractivity (Wildman–Crippen MR) is 120 cm³/mol. The van der Waals surface area contributed by atoms with Crippen molar-refractivity contribution in [1.82, 2.24) is 9.97 Å². The molecule has 2 aliphatic heterocycles. The average Bonchev–Trinajstić information content (AvgIpc) is 3.20. The fourth-order valence-electron chi connectivity index (χ4n) is 3.37. The first kappa shape index (κ1) is 19.8. The largest absolute Gasteiger partial charge is 0.493 e. The number of aromatic nitrogens is 2. The molecular weight excluding hydrogens is 464 g/mol. The first-order valence-electron chi connectivity index (χ1n) is 9.75. The SMILES string of the molecule is COc1cc2c(cc1OC1CCOC1)C=Nc1c(Nc3cccc(Br)c3)ncnc1O2. The molecule has 0 radical (unpaired) electrons. The van der Waals surface area contributed by atoms with Crippen molar-refractivity contribution >= 4 is 39.3 Å². The fraction of sp³-hybridized carbons (Fsp3) is 0.227. The van der Waals surface area contributed by atoms with Gasteiger partial charge >= 0.3 is 0 Å². The highest BCUT2D eigenvalue weighted by Gasteiger charge is 2.23. The molecule has 0 aliphatic carbocycles. The molecule has 1 saturated heterocycles. The predicted octanol–water partition coefficient (Wildman–Crippen LogP) is 5.02. The summed E-state index contributed by atoms with van der Waals surface area (Å²) in [7, 11) is 1.60. The van der Waals surface area contributed by atoms with Gasteiger partial charge in [0.2, 0.25) is 0 Å². The molecule has 158 valence electrons. The van der Waals surface area contributed by atoms with Gasteiger partial charge in [0, 0.05) is 34.4 Å². The van der Waals surface area contributed by atoms with E-state index < -0.39 is 0 Å². The highest BCUT2D eigenvalue weighted by molar-refractivity contribution is 9.10. The van der Waals surface area contributed by atoms with E-state index in [9.17, 15) is 0 Å². The maximum Gasteiger partial charge on any atom is 0.250 e. The summed E-state index contributed by atoms with van der Waals surface area (Å²) >= 11 is 3.48.